The van der Waals surface area contributed by atoms with Gasteiger partial charge in [0.05, 0.1) is 13.7 Å². The topological polar surface area (TPSA) is 90.7 Å². The fourth-order valence-corrected chi connectivity index (χ4v) is 2.17. The predicted molar refractivity (Wildman–Crippen MR) is 94.5 cm³/mol. The van der Waals surface area contributed by atoms with Crippen molar-refractivity contribution >= 4 is 11.8 Å². The van der Waals surface area contributed by atoms with Gasteiger partial charge in [0, 0.05) is 18.5 Å². The molecule has 2 aromatic carbocycles. The van der Waals surface area contributed by atoms with E-state index in [1.54, 1.807) is 31.4 Å². The van der Waals surface area contributed by atoms with Crippen LogP contribution in [0.1, 0.15) is 28.8 Å². The molecule has 0 heterocycles. The van der Waals surface area contributed by atoms with Crippen LogP contribution in [-0.2, 0) is 11.3 Å². The van der Waals surface area contributed by atoms with E-state index in [1.165, 1.54) is 0 Å². The monoisotopic (exact) mass is 342 g/mol. The molecule has 0 saturated heterocycles. The van der Waals surface area contributed by atoms with Gasteiger partial charge < -0.3 is 20.5 Å². The van der Waals surface area contributed by atoms with E-state index in [1.807, 2.05) is 24.3 Å². The Labute approximate surface area is 146 Å². The third-order valence-corrected chi connectivity index (χ3v) is 3.60. The predicted octanol–water partition coefficient (Wildman–Crippen LogP) is 2.27. The van der Waals surface area contributed by atoms with Crippen molar-refractivity contribution in [1.82, 2.24) is 5.32 Å². The first kappa shape index (κ1) is 18.3. The molecule has 0 radical (unpaired) electrons. The number of hydrogen-bond acceptors (Lipinski definition) is 4. The first-order chi connectivity index (χ1) is 12.1. The summed E-state index contributed by atoms with van der Waals surface area (Å²) in [5, 5.41) is 2.83. The van der Waals surface area contributed by atoms with Crippen molar-refractivity contribution in [3.05, 3.63) is 59.7 Å². The lowest BCUT2D eigenvalue weighted by molar-refractivity contribution is -0.121. The molecule has 6 nitrogen and oxygen atoms in total. The van der Waals surface area contributed by atoms with Crippen LogP contribution in [0, 0.1) is 0 Å². The number of nitrogens with two attached hydrogens (primary N) is 1. The minimum absolute atomic E-state index is 0.0442. The second-order valence-electron chi connectivity index (χ2n) is 5.47. The molecule has 0 spiro atoms. The Hall–Kier alpha value is -3.02. The maximum atomic E-state index is 11.8. The smallest absolute Gasteiger partial charge is 0.248 e. The number of benzene rings is 2. The van der Waals surface area contributed by atoms with Gasteiger partial charge in [-0.3, -0.25) is 9.59 Å². The molecule has 0 fully saturated rings. The number of ether oxygens (including phenoxy) is 2. The SMILES string of the molecule is COc1ccc(OCCCC(=O)NCc2ccc(C(N)=O)cc2)cc1. The Kier molecular flexibility index (Phi) is 6.83. The number of hydrogen-bond donors (Lipinski definition) is 2. The van der Waals surface area contributed by atoms with Gasteiger partial charge in [-0.1, -0.05) is 12.1 Å². The molecule has 0 unspecified atom stereocenters. The fourth-order valence-electron chi connectivity index (χ4n) is 2.17. The Morgan fingerprint density at radius 2 is 1.64 bits per heavy atom. The molecule has 2 aromatic rings. The van der Waals surface area contributed by atoms with E-state index in [4.69, 9.17) is 15.2 Å². The van der Waals surface area contributed by atoms with Crippen molar-refractivity contribution in [2.24, 2.45) is 5.73 Å². The third kappa shape index (κ3) is 6.18. The first-order valence-corrected chi connectivity index (χ1v) is 8.01. The van der Waals surface area contributed by atoms with E-state index < -0.39 is 5.91 Å². The Morgan fingerprint density at radius 1 is 1.00 bits per heavy atom. The van der Waals surface area contributed by atoms with Crippen LogP contribution >= 0.6 is 0 Å². The number of carbonyl (C=O) groups excluding carboxylic acids is 2. The molecule has 2 rings (SSSR count). The molecule has 2 amide bonds. The number of amides is 2. The van der Waals surface area contributed by atoms with Gasteiger partial charge in [-0.05, 0) is 48.4 Å². The normalized spacial score (nSPS) is 10.1. The highest BCUT2D eigenvalue weighted by atomic mass is 16.5. The van der Waals surface area contributed by atoms with Gasteiger partial charge in [0.15, 0.2) is 0 Å². The van der Waals surface area contributed by atoms with Gasteiger partial charge in [0.2, 0.25) is 11.8 Å². The van der Waals surface area contributed by atoms with E-state index >= 15 is 0 Å². The molecular formula is C19H22N2O4. The highest BCUT2D eigenvalue weighted by Crippen LogP contribution is 2.17. The minimum Gasteiger partial charge on any atom is -0.497 e. The zero-order valence-corrected chi connectivity index (χ0v) is 14.2. The molecule has 0 bridgehead atoms. The molecule has 3 N–H and O–H groups in total. The molecule has 0 atom stereocenters. The zero-order chi connectivity index (χ0) is 18.1. The number of nitrogens with one attached hydrogen (secondary N) is 1. The maximum absolute atomic E-state index is 11.8. The summed E-state index contributed by atoms with van der Waals surface area (Å²) < 4.78 is 10.7. The van der Waals surface area contributed by atoms with E-state index in [9.17, 15) is 9.59 Å². The lowest BCUT2D eigenvalue weighted by atomic mass is 10.1. The fraction of sp³-hybridized carbons (Fsp3) is 0.263. The maximum Gasteiger partial charge on any atom is 0.248 e. The number of rotatable bonds is 9. The van der Waals surface area contributed by atoms with Crippen molar-refractivity contribution in [3.8, 4) is 11.5 Å². The largest absolute Gasteiger partial charge is 0.497 e. The van der Waals surface area contributed by atoms with Crippen molar-refractivity contribution in [1.29, 1.82) is 0 Å². The molecular weight excluding hydrogens is 320 g/mol. The Bertz CT molecular complexity index is 696. The Balaban J connectivity index is 1.64. The highest BCUT2D eigenvalue weighted by molar-refractivity contribution is 5.92. The van der Waals surface area contributed by atoms with Crippen molar-refractivity contribution in [3.63, 3.8) is 0 Å². The minimum atomic E-state index is -0.465. The second kappa shape index (κ2) is 9.32. The van der Waals surface area contributed by atoms with Crippen LogP contribution in [-0.4, -0.2) is 25.5 Å². The summed E-state index contributed by atoms with van der Waals surface area (Å²) in [6.07, 6.45) is 1.01. The van der Waals surface area contributed by atoms with Crippen LogP contribution in [0.15, 0.2) is 48.5 Å². The van der Waals surface area contributed by atoms with Crippen molar-refractivity contribution in [2.75, 3.05) is 13.7 Å². The molecule has 132 valence electrons. The number of primary amides is 1. The van der Waals surface area contributed by atoms with Gasteiger partial charge in [-0.25, -0.2) is 0 Å². The van der Waals surface area contributed by atoms with Crippen LogP contribution in [0.4, 0.5) is 0 Å². The molecule has 0 aliphatic carbocycles. The number of methoxy groups -OCH3 is 1. The van der Waals surface area contributed by atoms with Crippen molar-refractivity contribution in [2.45, 2.75) is 19.4 Å². The molecule has 0 aliphatic rings. The zero-order valence-electron chi connectivity index (χ0n) is 14.2. The van der Waals surface area contributed by atoms with Gasteiger partial charge in [0.25, 0.3) is 0 Å². The molecule has 6 heteroatoms. The Morgan fingerprint density at radius 3 is 2.24 bits per heavy atom. The van der Waals surface area contributed by atoms with Gasteiger partial charge >= 0.3 is 0 Å². The quantitative estimate of drug-likeness (QED) is 0.684. The summed E-state index contributed by atoms with van der Waals surface area (Å²) in [4.78, 5) is 22.8. The lowest BCUT2D eigenvalue weighted by Crippen LogP contribution is -2.23. The summed E-state index contributed by atoms with van der Waals surface area (Å²) in [7, 11) is 1.61. The average Bonchev–Trinajstić information content (AvgIpc) is 2.64. The third-order valence-electron chi connectivity index (χ3n) is 3.60. The van der Waals surface area contributed by atoms with Gasteiger partial charge in [0.1, 0.15) is 11.5 Å². The first-order valence-electron chi connectivity index (χ1n) is 8.01. The second-order valence-corrected chi connectivity index (χ2v) is 5.47. The van der Waals surface area contributed by atoms with E-state index in [0.29, 0.717) is 31.6 Å². The highest BCUT2D eigenvalue weighted by Gasteiger charge is 2.04. The molecule has 0 aliphatic heterocycles. The summed E-state index contributed by atoms with van der Waals surface area (Å²) in [5.74, 6) is 1.01. The van der Waals surface area contributed by atoms with E-state index in [0.717, 1.165) is 17.1 Å². The molecule has 0 saturated carbocycles. The number of carbonyl (C=O) groups is 2. The lowest BCUT2D eigenvalue weighted by Gasteiger charge is -2.08. The van der Waals surface area contributed by atoms with Gasteiger partial charge in [-0.2, -0.15) is 0 Å². The summed E-state index contributed by atoms with van der Waals surface area (Å²) in [6.45, 7) is 0.879. The summed E-state index contributed by atoms with van der Waals surface area (Å²) in [6, 6.07) is 14.1. The van der Waals surface area contributed by atoms with Gasteiger partial charge in [-0.15, -0.1) is 0 Å². The molecule has 25 heavy (non-hydrogen) atoms. The summed E-state index contributed by atoms with van der Waals surface area (Å²) in [5.41, 5.74) is 6.54. The summed E-state index contributed by atoms with van der Waals surface area (Å²) >= 11 is 0. The average molecular weight is 342 g/mol. The molecule has 0 aromatic heterocycles. The van der Waals surface area contributed by atoms with Crippen LogP contribution in [0.5, 0.6) is 11.5 Å². The van der Waals surface area contributed by atoms with E-state index in [-0.39, 0.29) is 5.91 Å². The van der Waals surface area contributed by atoms with Crippen LogP contribution in [0.25, 0.3) is 0 Å². The van der Waals surface area contributed by atoms with Crippen LogP contribution in [0.3, 0.4) is 0 Å². The van der Waals surface area contributed by atoms with Crippen molar-refractivity contribution < 1.29 is 19.1 Å². The standard InChI is InChI=1S/C19H22N2O4/c1-24-16-8-10-17(11-9-16)25-12-2-3-18(22)21-13-14-4-6-15(7-5-14)19(20)23/h4-11H,2-3,12-13H2,1H3,(H2,20,23)(H,21,22). The van der Waals surface area contributed by atoms with Crippen LogP contribution < -0.4 is 20.5 Å². The van der Waals surface area contributed by atoms with E-state index in [2.05, 4.69) is 5.32 Å². The van der Waals surface area contributed by atoms with Crippen LogP contribution in [0.2, 0.25) is 0 Å².